The van der Waals surface area contributed by atoms with Gasteiger partial charge < -0.3 is 14.2 Å². The number of carbonyl (C=O) groups excluding carboxylic acids is 3. The topological polar surface area (TPSA) is 78.9 Å². The van der Waals surface area contributed by atoms with E-state index in [4.69, 9.17) is 14.2 Å². The first-order chi connectivity index (χ1) is 31.0. The van der Waals surface area contributed by atoms with Crippen molar-refractivity contribution in [1.29, 1.82) is 0 Å². The number of rotatable bonds is 44. The first kappa shape index (κ1) is 59.1. The van der Waals surface area contributed by atoms with E-state index in [-0.39, 0.29) is 31.1 Å². The van der Waals surface area contributed by atoms with E-state index in [0.29, 0.717) is 19.3 Å². The van der Waals surface area contributed by atoms with Crippen LogP contribution in [-0.2, 0) is 28.6 Å². The zero-order valence-electron chi connectivity index (χ0n) is 40.5. The average molecular weight is 873 g/mol. The largest absolute Gasteiger partial charge is 0.462 e. The van der Waals surface area contributed by atoms with Gasteiger partial charge in [-0.15, -0.1) is 0 Å². The normalized spacial score (nSPS) is 13.0. The minimum Gasteiger partial charge on any atom is -0.462 e. The Morgan fingerprint density at radius 1 is 0.333 bits per heavy atom. The van der Waals surface area contributed by atoms with Crippen LogP contribution < -0.4 is 0 Å². The molecule has 0 aliphatic rings. The van der Waals surface area contributed by atoms with Crippen LogP contribution in [0.2, 0.25) is 0 Å². The van der Waals surface area contributed by atoms with Gasteiger partial charge in [-0.2, -0.15) is 0 Å². The van der Waals surface area contributed by atoms with Gasteiger partial charge in [0.15, 0.2) is 6.10 Å². The van der Waals surface area contributed by atoms with Crippen LogP contribution in [0.4, 0.5) is 0 Å². The van der Waals surface area contributed by atoms with Gasteiger partial charge in [-0.05, 0) is 103 Å². The Morgan fingerprint density at radius 3 is 1.05 bits per heavy atom. The van der Waals surface area contributed by atoms with Gasteiger partial charge in [0.1, 0.15) is 13.2 Å². The van der Waals surface area contributed by atoms with Crippen LogP contribution in [0.15, 0.2) is 109 Å². The van der Waals surface area contributed by atoms with Crippen molar-refractivity contribution >= 4 is 17.9 Å². The van der Waals surface area contributed by atoms with E-state index in [9.17, 15) is 14.4 Å². The molecular formula is C57H92O6. The molecule has 1 unspecified atom stereocenters. The Balaban J connectivity index is 4.18. The lowest BCUT2D eigenvalue weighted by Gasteiger charge is -2.18. The Bertz CT molecular complexity index is 1330. The molecule has 0 N–H and O–H groups in total. The molecule has 356 valence electrons. The fraction of sp³-hybridized carbons (Fsp3) is 0.632. The van der Waals surface area contributed by atoms with Crippen LogP contribution in [0.25, 0.3) is 0 Å². The van der Waals surface area contributed by atoms with Crippen LogP contribution in [-0.4, -0.2) is 37.2 Å². The molecule has 6 nitrogen and oxygen atoms in total. The number of ether oxygens (including phenoxy) is 3. The molecular weight excluding hydrogens is 781 g/mol. The van der Waals surface area contributed by atoms with Crippen molar-refractivity contribution in [1.82, 2.24) is 0 Å². The van der Waals surface area contributed by atoms with Crippen LogP contribution >= 0.6 is 0 Å². The van der Waals surface area contributed by atoms with Crippen LogP contribution in [0.1, 0.15) is 213 Å². The summed E-state index contributed by atoms with van der Waals surface area (Å²) in [7, 11) is 0. The number of carbonyl (C=O) groups is 3. The molecule has 1 atom stereocenters. The monoisotopic (exact) mass is 873 g/mol. The Hall–Kier alpha value is -3.93. The summed E-state index contributed by atoms with van der Waals surface area (Å²) in [5, 5.41) is 0. The fourth-order valence-corrected chi connectivity index (χ4v) is 6.46. The molecule has 0 aromatic rings. The molecule has 63 heavy (non-hydrogen) atoms. The number of allylic oxidation sites excluding steroid dienone is 18. The number of esters is 3. The summed E-state index contributed by atoms with van der Waals surface area (Å²) in [5.74, 6) is -0.947. The molecule has 0 saturated carbocycles. The van der Waals surface area contributed by atoms with Crippen LogP contribution in [0.3, 0.4) is 0 Å². The molecule has 6 heteroatoms. The average Bonchev–Trinajstić information content (AvgIpc) is 3.28. The molecule has 0 amide bonds. The lowest BCUT2D eigenvalue weighted by Crippen LogP contribution is -2.30. The van der Waals surface area contributed by atoms with Crippen molar-refractivity contribution in [2.75, 3.05) is 13.2 Å². The van der Waals surface area contributed by atoms with Gasteiger partial charge in [-0.1, -0.05) is 201 Å². The summed E-state index contributed by atoms with van der Waals surface area (Å²) in [4.78, 5) is 37.6. The summed E-state index contributed by atoms with van der Waals surface area (Å²) >= 11 is 0. The minimum absolute atomic E-state index is 0.0912. The predicted octanol–water partition coefficient (Wildman–Crippen LogP) is 16.8. The molecule has 0 aliphatic heterocycles. The van der Waals surface area contributed by atoms with Gasteiger partial charge in [0, 0.05) is 19.3 Å². The predicted molar refractivity (Wildman–Crippen MR) is 270 cm³/mol. The van der Waals surface area contributed by atoms with E-state index in [1.54, 1.807) is 0 Å². The zero-order valence-corrected chi connectivity index (χ0v) is 40.5. The quantitative estimate of drug-likeness (QED) is 0.0263. The minimum atomic E-state index is -0.789. The molecule has 0 radical (unpaired) electrons. The van der Waals surface area contributed by atoms with Crippen molar-refractivity contribution in [2.45, 2.75) is 219 Å². The van der Waals surface area contributed by atoms with Gasteiger partial charge in [-0.3, -0.25) is 14.4 Å². The molecule has 0 spiro atoms. The van der Waals surface area contributed by atoms with Gasteiger partial charge in [0.25, 0.3) is 0 Å². The third-order valence-corrected chi connectivity index (χ3v) is 10.2. The maximum Gasteiger partial charge on any atom is 0.306 e. The second kappa shape index (κ2) is 50.7. The number of unbranched alkanes of at least 4 members (excludes halogenated alkanes) is 15. The van der Waals surface area contributed by atoms with Crippen molar-refractivity contribution in [3.8, 4) is 0 Å². The van der Waals surface area contributed by atoms with E-state index in [1.807, 2.05) is 0 Å². The molecule has 0 saturated heterocycles. The Labute approximate surface area is 387 Å². The first-order valence-corrected chi connectivity index (χ1v) is 25.4. The maximum absolute atomic E-state index is 12.7. The third kappa shape index (κ3) is 49.0. The first-order valence-electron chi connectivity index (χ1n) is 25.4. The van der Waals surface area contributed by atoms with Crippen molar-refractivity contribution in [3.63, 3.8) is 0 Å². The smallest absolute Gasteiger partial charge is 0.306 e. The van der Waals surface area contributed by atoms with E-state index >= 15 is 0 Å². The highest BCUT2D eigenvalue weighted by Crippen LogP contribution is 2.12. The lowest BCUT2D eigenvalue weighted by atomic mass is 10.1. The summed E-state index contributed by atoms with van der Waals surface area (Å²) < 4.78 is 16.6. The molecule has 0 aliphatic carbocycles. The summed E-state index contributed by atoms with van der Waals surface area (Å²) in [6.07, 6.45) is 68.2. The fourth-order valence-electron chi connectivity index (χ4n) is 6.46. The molecule has 0 rings (SSSR count). The van der Waals surface area contributed by atoms with E-state index in [1.165, 1.54) is 32.1 Å². The van der Waals surface area contributed by atoms with Crippen LogP contribution in [0.5, 0.6) is 0 Å². The van der Waals surface area contributed by atoms with Gasteiger partial charge in [-0.25, -0.2) is 0 Å². The highest BCUT2D eigenvalue weighted by atomic mass is 16.6. The summed E-state index contributed by atoms with van der Waals surface area (Å²) in [6.45, 7) is 6.34. The van der Waals surface area contributed by atoms with Crippen molar-refractivity contribution in [2.24, 2.45) is 0 Å². The van der Waals surface area contributed by atoms with Gasteiger partial charge in [0.2, 0.25) is 0 Å². The second-order valence-electron chi connectivity index (χ2n) is 16.3. The molecule has 0 bridgehead atoms. The Kier molecular flexibility index (Phi) is 47.5. The lowest BCUT2D eigenvalue weighted by molar-refractivity contribution is -0.167. The maximum atomic E-state index is 12.7. The van der Waals surface area contributed by atoms with E-state index < -0.39 is 6.10 Å². The summed E-state index contributed by atoms with van der Waals surface area (Å²) in [5.41, 5.74) is 0. The van der Waals surface area contributed by atoms with Gasteiger partial charge >= 0.3 is 17.9 Å². The molecule has 0 aromatic heterocycles. The standard InChI is InChI=1S/C57H92O6/c1-4-7-10-13-16-18-20-21-22-23-24-25-26-27-28-29-30-31-32-33-34-35-36-37-38-40-41-44-47-50-56(59)62-53-54(52-61-55(58)49-46-43-15-12-9-6-3)63-57(60)51-48-45-42-39-19-17-14-11-8-5-2/h7,10-11,14,16,18,21-22,24-25,27-28,30-31,33-34,36-37,54H,4-6,8-9,12-13,15,17,19-20,23,26,29,32,35,38-53H2,1-3H3/b10-7-,14-11-,18-16-,22-21-,25-24-,28-27-,31-30-,34-33-,37-36-. The third-order valence-electron chi connectivity index (χ3n) is 10.2. The van der Waals surface area contributed by atoms with Gasteiger partial charge in [0.05, 0.1) is 0 Å². The highest BCUT2D eigenvalue weighted by Gasteiger charge is 2.19. The van der Waals surface area contributed by atoms with E-state index in [2.05, 4.69) is 130 Å². The molecule has 0 aromatic carbocycles. The highest BCUT2D eigenvalue weighted by molar-refractivity contribution is 5.71. The van der Waals surface area contributed by atoms with E-state index in [0.717, 1.165) is 141 Å². The van der Waals surface area contributed by atoms with Crippen molar-refractivity contribution < 1.29 is 28.6 Å². The van der Waals surface area contributed by atoms with Crippen molar-refractivity contribution in [3.05, 3.63) is 109 Å². The Morgan fingerprint density at radius 2 is 0.651 bits per heavy atom. The number of hydrogen-bond donors (Lipinski definition) is 0. The molecule has 0 heterocycles. The van der Waals surface area contributed by atoms with Crippen LogP contribution in [0, 0.1) is 0 Å². The second-order valence-corrected chi connectivity index (χ2v) is 16.3. The molecule has 0 fully saturated rings. The number of hydrogen-bond acceptors (Lipinski definition) is 6. The summed E-state index contributed by atoms with van der Waals surface area (Å²) in [6, 6.07) is 0. The SMILES string of the molecule is CC/C=C\C/C=C\C/C=C\C/C=C\C/C=C\C/C=C\C/C=C\C/C=C\CCCCCCC(=O)OCC(COC(=O)CCCCCCCC)OC(=O)CCCCCCC/C=C\CCC. The zero-order chi connectivity index (χ0) is 45.8.